The fraction of sp³-hybridized carbons (Fsp3) is 0.214. The van der Waals surface area contributed by atoms with E-state index >= 15 is 0 Å². The van der Waals surface area contributed by atoms with E-state index in [1.165, 1.54) is 0 Å². The zero-order valence-electron chi connectivity index (χ0n) is 11.8. The Bertz CT molecular complexity index is 755. The maximum absolute atomic E-state index is 11.8. The Kier molecular flexibility index (Phi) is 4.07. The molecule has 23 heavy (non-hydrogen) atoms. The fourth-order valence-corrected chi connectivity index (χ4v) is 2.21. The monoisotopic (exact) mass is 334 g/mol. The number of likely N-dealkylation sites (tertiary alicyclic amines) is 1. The molecule has 1 aliphatic heterocycles. The lowest BCUT2D eigenvalue weighted by Crippen LogP contribution is -2.36. The highest BCUT2D eigenvalue weighted by Gasteiger charge is 2.30. The number of carbonyl (C=O) groups excluding carboxylic acids is 3. The van der Waals surface area contributed by atoms with Crippen molar-refractivity contribution in [3.63, 3.8) is 0 Å². The van der Waals surface area contributed by atoms with Crippen LogP contribution in [0.5, 0.6) is 0 Å². The minimum atomic E-state index is -0.583. The first-order valence-electron chi connectivity index (χ1n) is 6.75. The first kappa shape index (κ1) is 15.2. The molecule has 8 nitrogen and oxygen atoms in total. The summed E-state index contributed by atoms with van der Waals surface area (Å²) in [6.07, 6.45) is 0.265. The van der Waals surface area contributed by atoms with Gasteiger partial charge < -0.3 is 4.42 Å². The largest absolute Gasteiger partial charge is 0.403 e. The number of aromatic nitrogens is 2. The van der Waals surface area contributed by atoms with Crippen LogP contribution in [-0.4, -0.2) is 39.4 Å². The maximum Gasteiger partial charge on any atom is 0.322 e. The number of halogens is 1. The van der Waals surface area contributed by atoms with Gasteiger partial charge >= 0.3 is 6.01 Å². The number of hydrogen-bond acceptors (Lipinski definition) is 6. The van der Waals surface area contributed by atoms with Crippen LogP contribution in [0.1, 0.15) is 12.8 Å². The Labute approximate surface area is 135 Å². The van der Waals surface area contributed by atoms with Crippen LogP contribution in [0.4, 0.5) is 6.01 Å². The third-order valence-electron chi connectivity index (χ3n) is 3.22. The van der Waals surface area contributed by atoms with Crippen molar-refractivity contribution in [3.8, 4) is 11.5 Å². The van der Waals surface area contributed by atoms with Gasteiger partial charge in [-0.1, -0.05) is 16.7 Å². The Morgan fingerprint density at radius 1 is 1.17 bits per heavy atom. The van der Waals surface area contributed by atoms with E-state index in [1.54, 1.807) is 24.3 Å². The van der Waals surface area contributed by atoms with Crippen LogP contribution in [0.15, 0.2) is 28.7 Å². The minimum Gasteiger partial charge on any atom is -0.403 e. The summed E-state index contributed by atoms with van der Waals surface area (Å²) in [5, 5.41) is 10.4. The number of carbonyl (C=O) groups is 3. The van der Waals surface area contributed by atoms with E-state index in [0.29, 0.717) is 10.6 Å². The van der Waals surface area contributed by atoms with Gasteiger partial charge in [0.15, 0.2) is 0 Å². The molecule has 0 saturated carbocycles. The van der Waals surface area contributed by atoms with Crippen molar-refractivity contribution < 1.29 is 18.8 Å². The summed E-state index contributed by atoms with van der Waals surface area (Å²) < 4.78 is 5.31. The quantitative estimate of drug-likeness (QED) is 0.849. The molecule has 3 rings (SSSR count). The number of anilines is 1. The molecule has 1 fully saturated rings. The molecular formula is C14H11ClN4O4. The number of nitrogens with one attached hydrogen (secondary N) is 1. The molecule has 1 aliphatic rings. The molecule has 0 spiro atoms. The number of rotatable bonds is 4. The third-order valence-corrected chi connectivity index (χ3v) is 3.47. The minimum absolute atomic E-state index is 0.112. The number of hydrogen-bond donors (Lipinski definition) is 1. The van der Waals surface area contributed by atoms with Gasteiger partial charge in [0.1, 0.15) is 6.54 Å². The Balaban J connectivity index is 1.64. The highest BCUT2D eigenvalue weighted by atomic mass is 35.5. The molecule has 2 heterocycles. The summed E-state index contributed by atoms with van der Waals surface area (Å²) in [4.78, 5) is 35.7. The standard InChI is InChI=1S/C14H11ClN4O4/c15-9-3-1-8(2-4-9)13-17-18-14(23-13)16-10(20)7-19-11(21)5-6-12(19)22/h1-4H,5-7H2,(H,16,18,20). The molecule has 9 heteroatoms. The van der Waals surface area contributed by atoms with Crippen LogP contribution in [0.2, 0.25) is 5.02 Å². The van der Waals surface area contributed by atoms with Crippen molar-refractivity contribution in [1.29, 1.82) is 0 Å². The van der Waals surface area contributed by atoms with Gasteiger partial charge in [-0.3, -0.25) is 24.6 Å². The molecule has 1 aromatic carbocycles. The predicted molar refractivity (Wildman–Crippen MR) is 79.3 cm³/mol. The summed E-state index contributed by atoms with van der Waals surface area (Å²) >= 11 is 5.79. The van der Waals surface area contributed by atoms with Crippen LogP contribution in [0.3, 0.4) is 0 Å². The maximum atomic E-state index is 11.8. The van der Waals surface area contributed by atoms with Gasteiger partial charge in [0.2, 0.25) is 23.6 Å². The highest BCUT2D eigenvalue weighted by molar-refractivity contribution is 6.30. The van der Waals surface area contributed by atoms with Crippen molar-refractivity contribution >= 4 is 35.3 Å². The topological polar surface area (TPSA) is 105 Å². The van der Waals surface area contributed by atoms with Gasteiger partial charge in [0.05, 0.1) is 0 Å². The van der Waals surface area contributed by atoms with E-state index in [-0.39, 0.29) is 43.1 Å². The van der Waals surface area contributed by atoms with E-state index in [1.807, 2.05) is 0 Å². The molecule has 118 valence electrons. The van der Waals surface area contributed by atoms with Crippen LogP contribution >= 0.6 is 11.6 Å². The molecular weight excluding hydrogens is 324 g/mol. The molecule has 0 unspecified atom stereocenters. The second-order valence-corrected chi connectivity index (χ2v) is 5.28. The van der Waals surface area contributed by atoms with Crippen molar-refractivity contribution in [3.05, 3.63) is 29.3 Å². The molecule has 1 saturated heterocycles. The molecule has 0 aliphatic carbocycles. The molecule has 3 amide bonds. The van der Waals surface area contributed by atoms with Crippen molar-refractivity contribution in [1.82, 2.24) is 15.1 Å². The molecule has 1 N–H and O–H groups in total. The third kappa shape index (κ3) is 3.37. The van der Waals surface area contributed by atoms with E-state index in [4.69, 9.17) is 16.0 Å². The van der Waals surface area contributed by atoms with Crippen molar-refractivity contribution in [2.45, 2.75) is 12.8 Å². The second-order valence-electron chi connectivity index (χ2n) is 4.84. The smallest absolute Gasteiger partial charge is 0.322 e. The Morgan fingerprint density at radius 2 is 1.83 bits per heavy atom. The summed E-state index contributed by atoms with van der Waals surface area (Å²) in [5.41, 5.74) is 0.646. The van der Waals surface area contributed by atoms with Gasteiger partial charge in [-0.25, -0.2) is 0 Å². The zero-order chi connectivity index (χ0) is 16.4. The Morgan fingerprint density at radius 3 is 2.48 bits per heavy atom. The predicted octanol–water partition coefficient (Wildman–Crippen LogP) is 1.48. The lowest BCUT2D eigenvalue weighted by molar-refractivity contribution is -0.141. The molecule has 0 radical (unpaired) electrons. The molecule has 0 bridgehead atoms. The number of benzene rings is 1. The second kappa shape index (κ2) is 6.17. The lowest BCUT2D eigenvalue weighted by atomic mass is 10.2. The van der Waals surface area contributed by atoms with E-state index in [9.17, 15) is 14.4 Å². The van der Waals surface area contributed by atoms with Crippen molar-refractivity contribution in [2.75, 3.05) is 11.9 Å². The van der Waals surface area contributed by atoms with E-state index in [0.717, 1.165) is 4.90 Å². The summed E-state index contributed by atoms with van der Waals surface area (Å²) in [6.45, 7) is -0.365. The van der Waals surface area contributed by atoms with Gasteiger partial charge in [0.25, 0.3) is 0 Å². The lowest BCUT2D eigenvalue weighted by Gasteiger charge is -2.11. The van der Waals surface area contributed by atoms with Crippen molar-refractivity contribution in [2.24, 2.45) is 0 Å². The normalized spacial score (nSPS) is 14.4. The highest BCUT2D eigenvalue weighted by Crippen LogP contribution is 2.21. The van der Waals surface area contributed by atoms with Gasteiger partial charge in [0, 0.05) is 23.4 Å². The van der Waals surface area contributed by atoms with E-state index < -0.39 is 5.91 Å². The average molecular weight is 335 g/mol. The van der Waals surface area contributed by atoms with Crippen LogP contribution in [0, 0.1) is 0 Å². The number of amides is 3. The van der Waals surface area contributed by atoms with Gasteiger partial charge in [-0.2, -0.15) is 0 Å². The Hall–Kier alpha value is -2.74. The van der Waals surface area contributed by atoms with Crippen LogP contribution in [0.25, 0.3) is 11.5 Å². The zero-order valence-corrected chi connectivity index (χ0v) is 12.5. The summed E-state index contributed by atoms with van der Waals surface area (Å²) in [7, 11) is 0. The summed E-state index contributed by atoms with van der Waals surface area (Å²) in [5.74, 6) is -1.10. The first-order chi connectivity index (χ1) is 11.0. The molecule has 2 aromatic rings. The first-order valence-corrected chi connectivity index (χ1v) is 7.13. The molecule has 0 atom stereocenters. The molecule has 1 aromatic heterocycles. The van der Waals surface area contributed by atoms with Gasteiger partial charge in [-0.15, -0.1) is 5.10 Å². The summed E-state index contributed by atoms with van der Waals surface area (Å²) in [6, 6.07) is 6.62. The fourth-order valence-electron chi connectivity index (χ4n) is 2.08. The van der Waals surface area contributed by atoms with Crippen LogP contribution < -0.4 is 5.32 Å². The van der Waals surface area contributed by atoms with Crippen LogP contribution in [-0.2, 0) is 14.4 Å². The average Bonchev–Trinajstić information content (AvgIpc) is 3.10. The van der Waals surface area contributed by atoms with E-state index in [2.05, 4.69) is 15.5 Å². The van der Waals surface area contributed by atoms with Gasteiger partial charge in [-0.05, 0) is 24.3 Å². The number of nitrogens with zero attached hydrogens (tertiary/aromatic N) is 3. The SMILES string of the molecule is O=C(CN1C(=O)CCC1=O)Nc1nnc(-c2ccc(Cl)cc2)o1. The number of imide groups is 1.